The number of aryl methyl sites for hydroxylation is 1. The molecule has 2 N–H and O–H groups in total. The van der Waals surface area contributed by atoms with Gasteiger partial charge in [0, 0.05) is 6.08 Å². The summed E-state index contributed by atoms with van der Waals surface area (Å²) in [5.74, 6) is -1.18. The number of carbonyl (C=O) groups excluding carboxylic acids is 1. The van der Waals surface area contributed by atoms with E-state index < -0.39 is 12.0 Å². The summed E-state index contributed by atoms with van der Waals surface area (Å²) >= 11 is 0. The largest absolute Gasteiger partial charge is 0.480 e. The quantitative estimate of drug-likeness (QED) is 0.758. The molecule has 0 saturated heterocycles. The molecule has 0 saturated carbocycles. The Labute approximate surface area is 125 Å². The summed E-state index contributed by atoms with van der Waals surface area (Å²) < 4.78 is 0. The van der Waals surface area contributed by atoms with Gasteiger partial charge in [0.05, 0.1) is 0 Å². The van der Waals surface area contributed by atoms with Gasteiger partial charge in [-0.3, -0.25) is 4.79 Å². The first-order valence-corrected chi connectivity index (χ1v) is 7.22. The number of aliphatic carboxylic acids is 1. The minimum atomic E-state index is -1.00. The molecule has 1 rings (SSSR count). The van der Waals surface area contributed by atoms with E-state index in [1.807, 2.05) is 38.1 Å². The fraction of sp³-hybridized carbons (Fsp3) is 0.412. The van der Waals surface area contributed by atoms with Gasteiger partial charge in [0.1, 0.15) is 6.04 Å². The van der Waals surface area contributed by atoms with Gasteiger partial charge in [-0.25, -0.2) is 4.79 Å². The third kappa shape index (κ3) is 6.25. The molecule has 0 aromatic heterocycles. The molecule has 1 aromatic rings. The molecule has 1 atom stereocenters. The van der Waals surface area contributed by atoms with E-state index in [4.69, 9.17) is 5.11 Å². The van der Waals surface area contributed by atoms with Crippen molar-refractivity contribution >= 4 is 18.0 Å². The summed E-state index contributed by atoms with van der Waals surface area (Å²) in [6, 6.07) is 7.05. The first-order valence-electron chi connectivity index (χ1n) is 7.22. The van der Waals surface area contributed by atoms with E-state index in [2.05, 4.69) is 12.2 Å². The highest BCUT2D eigenvalue weighted by atomic mass is 16.4. The van der Waals surface area contributed by atoms with E-state index in [1.54, 1.807) is 6.08 Å². The first kappa shape index (κ1) is 17.0. The topological polar surface area (TPSA) is 66.4 Å². The van der Waals surface area contributed by atoms with E-state index in [-0.39, 0.29) is 11.8 Å². The van der Waals surface area contributed by atoms with Crippen molar-refractivity contribution in [3.63, 3.8) is 0 Å². The lowest BCUT2D eigenvalue weighted by molar-refractivity contribution is -0.141. The number of hydrogen-bond donors (Lipinski definition) is 2. The maximum atomic E-state index is 11.8. The molecular weight excluding hydrogens is 266 g/mol. The van der Waals surface area contributed by atoms with Crippen molar-refractivity contribution in [1.29, 1.82) is 0 Å². The van der Waals surface area contributed by atoms with Crippen LogP contribution in [0.3, 0.4) is 0 Å². The highest BCUT2D eigenvalue weighted by Gasteiger charge is 2.19. The van der Waals surface area contributed by atoms with Gasteiger partial charge in [0.15, 0.2) is 0 Å². The monoisotopic (exact) mass is 289 g/mol. The van der Waals surface area contributed by atoms with Crippen molar-refractivity contribution < 1.29 is 14.7 Å². The van der Waals surface area contributed by atoms with E-state index in [0.717, 1.165) is 12.0 Å². The van der Waals surface area contributed by atoms with E-state index in [9.17, 15) is 9.59 Å². The lowest BCUT2D eigenvalue weighted by Crippen LogP contribution is -2.40. The van der Waals surface area contributed by atoms with Gasteiger partial charge in [-0.15, -0.1) is 0 Å². The lowest BCUT2D eigenvalue weighted by Gasteiger charge is -2.15. The smallest absolute Gasteiger partial charge is 0.326 e. The predicted molar refractivity (Wildman–Crippen MR) is 83.9 cm³/mol. The summed E-state index contributed by atoms with van der Waals surface area (Å²) in [5.41, 5.74) is 2.15. The Morgan fingerprint density at radius 1 is 1.24 bits per heavy atom. The van der Waals surface area contributed by atoms with Crippen molar-refractivity contribution in [3.05, 3.63) is 41.5 Å². The number of carboxylic acids is 1. The Bertz CT molecular complexity index is 503. The summed E-state index contributed by atoms with van der Waals surface area (Å²) in [6.07, 6.45) is 4.44. The third-order valence-electron chi connectivity index (χ3n) is 3.14. The zero-order valence-electron chi connectivity index (χ0n) is 12.8. The van der Waals surface area contributed by atoms with Gasteiger partial charge in [0.2, 0.25) is 5.91 Å². The molecule has 1 aromatic carbocycles. The van der Waals surface area contributed by atoms with Crippen LogP contribution in [0.4, 0.5) is 0 Å². The Balaban J connectivity index is 2.61. The summed E-state index contributed by atoms with van der Waals surface area (Å²) in [4.78, 5) is 22.9. The second-order valence-corrected chi connectivity index (χ2v) is 5.46. The van der Waals surface area contributed by atoms with Crippen molar-refractivity contribution in [2.75, 3.05) is 0 Å². The minimum absolute atomic E-state index is 0.206. The Kier molecular flexibility index (Phi) is 6.66. The molecule has 0 aliphatic heterocycles. The number of carboxylic acid groups (broad SMARTS) is 1. The number of rotatable bonds is 7. The molecule has 0 bridgehead atoms. The van der Waals surface area contributed by atoms with E-state index in [1.165, 1.54) is 11.6 Å². The molecule has 0 radical (unpaired) electrons. The van der Waals surface area contributed by atoms with E-state index >= 15 is 0 Å². The maximum Gasteiger partial charge on any atom is 0.326 e. The standard InChI is InChI=1S/C17H23NO3/c1-4-13-5-7-14(8-6-13)9-10-16(19)18-15(17(20)21)11-12(2)3/h5-10,12,15H,4,11H2,1-3H3,(H,18,19)(H,20,21)/b10-9+. The van der Waals surface area contributed by atoms with Crippen LogP contribution in [0.15, 0.2) is 30.3 Å². The van der Waals surface area contributed by atoms with Crippen LogP contribution in [0.5, 0.6) is 0 Å². The second kappa shape index (κ2) is 8.25. The number of carbonyl (C=O) groups is 2. The maximum absolute atomic E-state index is 11.8. The molecule has 4 heteroatoms. The van der Waals surface area contributed by atoms with Crippen molar-refractivity contribution in [3.8, 4) is 0 Å². The average molecular weight is 289 g/mol. The molecule has 0 aliphatic rings. The van der Waals surface area contributed by atoms with Gasteiger partial charge >= 0.3 is 5.97 Å². The first-order chi connectivity index (χ1) is 9.92. The molecule has 1 unspecified atom stereocenters. The molecule has 0 aliphatic carbocycles. The Morgan fingerprint density at radius 2 is 1.86 bits per heavy atom. The van der Waals surface area contributed by atoms with Crippen LogP contribution in [0.1, 0.15) is 38.3 Å². The summed E-state index contributed by atoms with van der Waals surface area (Å²) in [5, 5.41) is 11.6. The average Bonchev–Trinajstić information content (AvgIpc) is 2.44. The molecule has 0 spiro atoms. The molecule has 1 amide bonds. The van der Waals surface area contributed by atoms with Gasteiger partial charge in [-0.05, 0) is 36.0 Å². The normalized spacial score (nSPS) is 12.6. The summed E-state index contributed by atoms with van der Waals surface area (Å²) in [6.45, 7) is 5.93. The Hall–Kier alpha value is -2.10. The molecule has 0 fully saturated rings. The number of amides is 1. The van der Waals surface area contributed by atoms with E-state index in [0.29, 0.717) is 6.42 Å². The fourth-order valence-electron chi connectivity index (χ4n) is 1.95. The highest BCUT2D eigenvalue weighted by molar-refractivity contribution is 5.94. The zero-order chi connectivity index (χ0) is 15.8. The van der Waals surface area contributed by atoms with Crippen LogP contribution in [-0.4, -0.2) is 23.0 Å². The van der Waals surface area contributed by atoms with Crippen LogP contribution in [0, 0.1) is 5.92 Å². The van der Waals surface area contributed by atoms with Crippen LogP contribution in [0.25, 0.3) is 6.08 Å². The van der Waals surface area contributed by atoms with Gasteiger partial charge < -0.3 is 10.4 Å². The van der Waals surface area contributed by atoms with Crippen molar-refractivity contribution in [1.82, 2.24) is 5.32 Å². The number of benzene rings is 1. The second-order valence-electron chi connectivity index (χ2n) is 5.46. The van der Waals surface area contributed by atoms with Crippen molar-refractivity contribution in [2.24, 2.45) is 5.92 Å². The van der Waals surface area contributed by atoms with Crippen LogP contribution >= 0.6 is 0 Å². The number of hydrogen-bond acceptors (Lipinski definition) is 2. The Morgan fingerprint density at radius 3 is 2.33 bits per heavy atom. The lowest BCUT2D eigenvalue weighted by atomic mass is 10.0. The number of nitrogens with one attached hydrogen (secondary N) is 1. The summed E-state index contributed by atoms with van der Waals surface area (Å²) in [7, 11) is 0. The molecule has 0 heterocycles. The van der Waals surface area contributed by atoms with Crippen LogP contribution in [-0.2, 0) is 16.0 Å². The van der Waals surface area contributed by atoms with Gasteiger partial charge in [-0.2, -0.15) is 0 Å². The third-order valence-corrected chi connectivity index (χ3v) is 3.14. The predicted octanol–water partition coefficient (Wildman–Crippen LogP) is 2.88. The molecular formula is C17H23NO3. The highest BCUT2D eigenvalue weighted by Crippen LogP contribution is 2.07. The molecule has 114 valence electrons. The van der Waals surface area contributed by atoms with Crippen LogP contribution in [0.2, 0.25) is 0 Å². The van der Waals surface area contributed by atoms with Gasteiger partial charge in [0.25, 0.3) is 0 Å². The minimum Gasteiger partial charge on any atom is -0.480 e. The van der Waals surface area contributed by atoms with Crippen molar-refractivity contribution in [2.45, 2.75) is 39.7 Å². The van der Waals surface area contributed by atoms with Gasteiger partial charge in [-0.1, -0.05) is 45.0 Å². The molecule has 21 heavy (non-hydrogen) atoms. The van der Waals surface area contributed by atoms with Crippen LogP contribution < -0.4 is 5.32 Å². The fourth-order valence-corrected chi connectivity index (χ4v) is 1.95. The SMILES string of the molecule is CCc1ccc(/C=C/C(=O)NC(CC(C)C)C(=O)O)cc1. The molecule has 4 nitrogen and oxygen atoms in total. The zero-order valence-corrected chi connectivity index (χ0v) is 12.8.